The third kappa shape index (κ3) is 5.40. The number of anilines is 1. The zero-order valence-corrected chi connectivity index (χ0v) is 17.3. The summed E-state index contributed by atoms with van der Waals surface area (Å²) in [6.45, 7) is 8.49. The van der Waals surface area contributed by atoms with Gasteiger partial charge in [0.05, 0.1) is 24.9 Å². The van der Waals surface area contributed by atoms with Crippen LogP contribution in [0.5, 0.6) is 5.75 Å². The fourth-order valence-corrected chi connectivity index (χ4v) is 3.69. The molecule has 1 aliphatic heterocycles. The van der Waals surface area contributed by atoms with Crippen LogP contribution in [0.15, 0.2) is 48.5 Å². The molecule has 0 spiro atoms. The van der Waals surface area contributed by atoms with Crippen LogP contribution in [-0.2, 0) is 4.79 Å². The van der Waals surface area contributed by atoms with Gasteiger partial charge in [0.15, 0.2) is 0 Å². The van der Waals surface area contributed by atoms with Crippen molar-refractivity contribution in [3.8, 4) is 5.75 Å². The molecule has 0 saturated carbocycles. The molecule has 0 radical (unpaired) electrons. The molecule has 28 heavy (non-hydrogen) atoms. The lowest BCUT2D eigenvalue weighted by Gasteiger charge is -2.36. The Balaban J connectivity index is 1.49. The molecular weight excluding hydrogens is 374 g/mol. The number of hydrogen-bond acceptors (Lipinski definition) is 4. The number of rotatable bonds is 7. The van der Waals surface area contributed by atoms with Crippen LogP contribution in [0, 0.1) is 0 Å². The van der Waals surface area contributed by atoms with Crippen molar-refractivity contribution >= 4 is 23.2 Å². The molecule has 1 heterocycles. The highest BCUT2D eigenvalue weighted by atomic mass is 35.5. The highest BCUT2D eigenvalue weighted by Gasteiger charge is 2.21. The van der Waals surface area contributed by atoms with Crippen LogP contribution in [-0.4, -0.2) is 50.1 Å². The molecule has 1 saturated heterocycles. The summed E-state index contributed by atoms with van der Waals surface area (Å²) >= 11 is 6.04. The van der Waals surface area contributed by atoms with Gasteiger partial charge in [-0.05, 0) is 43.7 Å². The molecule has 0 unspecified atom stereocenters. The van der Waals surface area contributed by atoms with E-state index in [0.29, 0.717) is 18.2 Å². The van der Waals surface area contributed by atoms with E-state index in [-0.39, 0.29) is 11.9 Å². The molecule has 0 bridgehead atoms. The van der Waals surface area contributed by atoms with Gasteiger partial charge in [-0.2, -0.15) is 0 Å². The maximum atomic E-state index is 12.5. The molecule has 150 valence electrons. The Morgan fingerprint density at radius 2 is 1.89 bits per heavy atom. The number of para-hydroxylation sites is 2. The number of carbonyl (C=O) groups is 1. The summed E-state index contributed by atoms with van der Waals surface area (Å²) in [6.07, 6.45) is 0. The average Bonchev–Trinajstić information content (AvgIpc) is 2.69. The lowest BCUT2D eigenvalue weighted by molar-refractivity contribution is -0.123. The number of carbonyl (C=O) groups excluding carboxylic acids is 1. The largest absolute Gasteiger partial charge is 0.492 e. The molecular formula is C22H28ClN3O2. The molecule has 1 fully saturated rings. The van der Waals surface area contributed by atoms with Crippen LogP contribution in [0.25, 0.3) is 0 Å². The highest BCUT2D eigenvalue weighted by molar-refractivity contribution is 6.30. The first-order valence-electron chi connectivity index (χ1n) is 9.80. The minimum atomic E-state index is -0.0643. The van der Waals surface area contributed by atoms with E-state index in [9.17, 15) is 4.79 Å². The lowest BCUT2D eigenvalue weighted by Crippen LogP contribution is -2.49. The molecule has 0 aliphatic carbocycles. The van der Waals surface area contributed by atoms with Crippen LogP contribution in [0.1, 0.15) is 25.5 Å². The van der Waals surface area contributed by atoms with Crippen LogP contribution in [0.4, 0.5) is 5.69 Å². The number of hydrogen-bond donors (Lipinski definition) is 1. The van der Waals surface area contributed by atoms with Crippen molar-refractivity contribution < 1.29 is 9.53 Å². The normalized spacial score (nSPS) is 15.9. The average molecular weight is 402 g/mol. The second kappa shape index (κ2) is 9.80. The summed E-state index contributed by atoms with van der Waals surface area (Å²) in [4.78, 5) is 17.0. The molecule has 1 N–H and O–H groups in total. The van der Waals surface area contributed by atoms with Crippen LogP contribution >= 0.6 is 11.6 Å². The number of halogens is 1. The summed E-state index contributed by atoms with van der Waals surface area (Å²) in [5.74, 6) is 0.960. The van der Waals surface area contributed by atoms with Crippen LogP contribution in [0.3, 0.4) is 0 Å². The highest BCUT2D eigenvalue weighted by Crippen LogP contribution is 2.28. The van der Waals surface area contributed by atoms with E-state index in [1.807, 2.05) is 56.3 Å². The van der Waals surface area contributed by atoms with Crippen molar-refractivity contribution in [1.82, 2.24) is 10.2 Å². The molecule has 1 amide bonds. The van der Waals surface area contributed by atoms with Crippen LogP contribution in [0.2, 0.25) is 5.02 Å². The summed E-state index contributed by atoms with van der Waals surface area (Å²) in [6, 6.07) is 15.7. The van der Waals surface area contributed by atoms with Gasteiger partial charge in [0, 0.05) is 31.2 Å². The van der Waals surface area contributed by atoms with E-state index >= 15 is 0 Å². The number of nitrogens with one attached hydrogen (secondary N) is 1. The first kappa shape index (κ1) is 20.5. The van der Waals surface area contributed by atoms with Gasteiger partial charge in [-0.15, -0.1) is 0 Å². The minimum Gasteiger partial charge on any atom is -0.492 e. The summed E-state index contributed by atoms with van der Waals surface area (Å²) in [5.41, 5.74) is 2.14. The molecule has 1 atom stereocenters. The second-order valence-corrected chi connectivity index (χ2v) is 7.44. The first-order chi connectivity index (χ1) is 13.6. The smallest absolute Gasteiger partial charge is 0.234 e. The number of amides is 1. The van der Waals surface area contributed by atoms with Crippen molar-refractivity contribution in [1.29, 1.82) is 0 Å². The SMILES string of the molecule is CCOc1ccccc1N1CCN(CC(=O)N[C@@H](C)c2cccc(Cl)c2)CC1. The maximum Gasteiger partial charge on any atom is 0.234 e. The van der Waals surface area contributed by atoms with Gasteiger partial charge in [0.1, 0.15) is 5.75 Å². The Labute approximate surface area is 172 Å². The van der Waals surface area contributed by atoms with E-state index in [1.54, 1.807) is 0 Å². The molecule has 3 rings (SSSR count). The predicted octanol–water partition coefficient (Wildman–Crippen LogP) is 3.74. The van der Waals surface area contributed by atoms with E-state index in [1.165, 1.54) is 0 Å². The maximum absolute atomic E-state index is 12.5. The van der Waals surface area contributed by atoms with E-state index < -0.39 is 0 Å². The van der Waals surface area contributed by atoms with Crippen molar-refractivity contribution in [2.24, 2.45) is 0 Å². The predicted molar refractivity (Wildman–Crippen MR) is 114 cm³/mol. The van der Waals surface area contributed by atoms with Crippen molar-refractivity contribution in [3.05, 3.63) is 59.1 Å². The number of nitrogens with zero attached hydrogens (tertiary/aromatic N) is 2. The van der Waals surface area contributed by atoms with Crippen molar-refractivity contribution in [3.63, 3.8) is 0 Å². The molecule has 1 aliphatic rings. The number of benzene rings is 2. The molecule has 2 aromatic carbocycles. The zero-order valence-electron chi connectivity index (χ0n) is 16.5. The van der Waals surface area contributed by atoms with Gasteiger partial charge in [-0.25, -0.2) is 0 Å². The Kier molecular flexibility index (Phi) is 7.18. The second-order valence-electron chi connectivity index (χ2n) is 7.01. The Morgan fingerprint density at radius 1 is 1.14 bits per heavy atom. The Morgan fingerprint density at radius 3 is 2.61 bits per heavy atom. The third-order valence-corrected chi connectivity index (χ3v) is 5.21. The number of piperazine rings is 1. The van der Waals surface area contributed by atoms with E-state index in [4.69, 9.17) is 16.3 Å². The quantitative estimate of drug-likeness (QED) is 0.767. The standard InChI is InChI=1S/C22H28ClN3O2/c1-3-28-21-10-5-4-9-20(21)26-13-11-25(12-14-26)16-22(27)24-17(2)18-7-6-8-19(23)15-18/h4-10,15,17H,3,11-14,16H2,1-2H3,(H,24,27)/t17-/m0/s1. The fraction of sp³-hybridized carbons (Fsp3) is 0.409. The lowest BCUT2D eigenvalue weighted by atomic mass is 10.1. The monoisotopic (exact) mass is 401 g/mol. The number of ether oxygens (including phenoxy) is 1. The summed E-state index contributed by atoms with van der Waals surface area (Å²) < 4.78 is 5.75. The van der Waals surface area contributed by atoms with E-state index in [0.717, 1.165) is 43.2 Å². The Bertz CT molecular complexity index is 791. The summed E-state index contributed by atoms with van der Waals surface area (Å²) in [5, 5.41) is 3.75. The van der Waals surface area contributed by atoms with Gasteiger partial charge < -0.3 is 15.0 Å². The zero-order chi connectivity index (χ0) is 19.9. The summed E-state index contributed by atoms with van der Waals surface area (Å²) in [7, 11) is 0. The Hall–Kier alpha value is -2.24. The molecule has 2 aromatic rings. The molecule has 0 aromatic heterocycles. The minimum absolute atomic E-state index is 0.0376. The first-order valence-corrected chi connectivity index (χ1v) is 10.2. The van der Waals surface area contributed by atoms with Crippen LogP contribution < -0.4 is 15.0 Å². The van der Waals surface area contributed by atoms with Crippen molar-refractivity contribution in [2.75, 3.05) is 44.2 Å². The molecule has 6 heteroatoms. The van der Waals surface area contributed by atoms with Gasteiger partial charge in [0.2, 0.25) is 5.91 Å². The van der Waals surface area contributed by atoms with Gasteiger partial charge >= 0.3 is 0 Å². The fourth-order valence-electron chi connectivity index (χ4n) is 3.49. The van der Waals surface area contributed by atoms with Crippen molar-refractivity contribution in [2.45, 2.75) is 19.9 Å². The van der Waals surface area contributed by atoms with Gasteiger partial charge in [-0.1, -0.05) is 35.9 Å². The van der Waals surface area contributed by atoms with E-state index in [2.05, 4.69) is 21.2 Å². The van der Waals surface area contributed by atoms with Gasteiger partial charge in [0.25, 0.3) is 0 Å². The van der Waals surface area contributed by atoms with Gasteiger partial charge in [-0.3, -0.25) is 9.69 Å². The third-order valence-electron chi connectivity index (χ3n) is 4.97. The topological polar surface area (TPSA) is 44.8 Å². The molecule has 5 nitrogen and oxygen atoms in total.